The molecule has 1 heterocycles. The lowest BCUT2D eigenvalue weighted by Crippen LogP contribution is -2.27. The topological polar surface area (TPSA) is 15.3 Å². The molecule has 0 fully saturated rings. The average Bonchev–Trinajstić information content (AvgIpc) is 2.85. The second-order valence-electron chi connectivity index (χ2n) is 5.16. The molecule has 0 unspecified atom stereocenters. The maximum Gasteiger partial charge on any atom is 0.0400 e. The standard InChI is InChI=1S/C17H20N2/c1-14-6-8-16(9-7-14)18-11-13-19-12-10-15-4-2-3-5-17(15)19/h2-9,18H,10-13H2,1H3. The summed E-state index contributed by atoms with van der Waals surface area (Å²) < 4.78 is 0. The summed E-state index contributed by atoms with van der Waals surface area (Å²) >= 11 is 0. The SMILES string of the molecule is Cc1ccc(NCCN2CCc3ccccc32)cc1. The van der Waals surface area contributed by atoms with Crippen LogP contribution in [0.3, 0.4) is 0 Å². The summed E-state index contributed by atoms with van der Waals surface area (Å²) in [6, 6.07) is 17.3. The number of nitrogens with one attached hydrogen (secondary N) is 1. The Morgan fingerprint density at radius 2 is 1.84 bits per heavy atom. The maximum absolute atomic E-state index is 3.49. The molecule has 0 spiro atoms. The molecule has 19 heavy (non-hydrogen) atoms. The average molecular weight is 252 g/mol. The maximum atomic E-state index is 3.49. The van der Waals surface area contributed by atoms with Gasteiger partial charge in [0.1, 0.15) is 0 Å². The number of hydrogen-bond acceptors (Lipinski definition) is 2. The van der Waals surface area contributed by atoms with Gasteiger partial charge in [-0.05, 0) is 37.1 Å². The molecule has 0 radical (unpaired) electrons. The molecule has 2 aromatic carbocycles. The highest BCUT2D eigenvalue weighted by Gasteiger charge is 2.17. The van der Waals surface area contributed by atoms with Crippen LogP contribution >= 0.6 is 0 Å². The van der Waals surface area contributed by atoms with E-state index in [4.69, 9.17) is 0 Å². The fourth-order valence-electron chi connectivity index (χ4n) is 2.65. The van der Waals surface area contributed by atoms with Crippen molar-refractivity contribution >= 4 is 11.4 Å². The molecule has 2 heteroatoms. The molecule has 1 aliphatic rings. The van der Waals surface area contributed by atoms with Crippen LogP contribution in [-0.2, 0) is 6.42 Å². The van der Waals surface area contributed by atoms with Crippen LogP contribution in [0.5, 0.6) is 0 Å². The first-order chi connectivity index (χ1) is 9.33. The third kappa shape index (κ3) is 2.73. The Morgan fingerprint density at radius 1 is 1.05 bits per heavy atom. The number of nitrogens with zero attached hydrogens (tertiary/aromatic N) is 1. The van der Waals surface area contributed by atoms with Gasteiger partial charge in [0.15, 0.2) is 0 Å². The second kappa shape index (κ2) is 5.35. The lowest BCUT2D eigenvalue weighted by molar-refractivity contribution is 0.839. The normalized spacial score (nSPS) is 13.4. The first kappa shape index (κ1) is 12.1. The van der Waals surface area contributed by atoms with Crippen molar-refractivity contribution < 1.29 is 0 Å². The summed E-state index contributed by atoms with van der Waals surface area (Å²) in [7, 11) is 0. The van der Waals surface area contributed by atoms with E-state index in [1.807, 2.05) is 0 Å². The highest BCUT2D eigenvalue weighted by Crippen LogP contribution is 2.26. The van der Waals surface area contributed by atoms with E-state index in [1.54, 1.807) is 0 Å². The largest absolute Gasteiger partial charge is 0.383 e. The molecule has 0 saturated heterocycles. The summed E-state index contributed by atoms with van der Waals surface area (Å²) in [4.78, 5) is 2.47. The number of anilines is 2. The number of hydrogen-bond donors (Lipinski definition) is 1. The first-order valence-corrected chi connectivity index (χ1v) is 6.96. The molecular formula is C17H20N2. The molecule has 3 rings (SSSR count). The Balaban J connectivity index is 1.55. The van der Waals surface area contributed by atoms with Crippen LogP contribution in [0.25, 0.3) is 0 Å². The molecule has 0 aliphatic carbocycles. The van der Waals surface area contributed by atoms with Crippen LogP contribution < -0.4 is 10.2 Å². The van der Waals surface area contributed by atoms with E-state index >= 15 is 0 Å². The second-order valence-corrected chi connectivity index (χ2v) is 5.16. The lowest BCUT2D eigenvalue weighted by Gasteiger charge is -2.19. The van der Waals surface area contributed by atoms with Crippen molar-refractivity contribution in [2.45, 2.75) is 13.3 Å². The minimum Gasteiger partial charge on any atom is -0.383 e. The van der Waals surface area contributed by atoms with Crippen LogP contribution in [0.1, 0.15) is 11.1 Å². The van der Waals surface area contributed by atoms with E-state index in [-0.39, 0.29) is 0 Å². The zero-order valence-electron chi connectivity index (χ0n) is 11.4. The highest BCUT2D eigenvalue weighted by molar-refractivity contribution is 5.58. The Labute approximate surface area is 115 Å². The summed E-state index contributed by atoms with van der Waals surface area (Å²) in [6.45, 7) is 5.31. The van der Waals surface area contributed by atoms with Crippen LogP contribution in [-0.4, -0.2) is 19.6 Å². The third-order valence-corrected chi connectivity index (χ3v) is 3.75. The van der Waals surface area contributed by atoms with E-state index < -0.39 is 0 Å². The number of rotatable bonds is 4. The van der Waals surface area contributed by atoms with Crippen molar-refractivity contribution in [1.82, 2.24) is 0 Å². The molecule has 0 amide bonds. The smallest absolute Gasteiger partial charge is 0.0400 e. The van der Waals surface area contributed by atoms with E-state index in [0.29, 0.717) is 0 Å². The van der Waals surface area contributed by atoms with Crippen molar-refractivity contribution in [3.63, 3.8) is 0 Å². The number of aryl methyl sites for hydroxylation is 1. The van der Waals surface area contributed by atoms with Gasteiger partial charge < -0.3 is 10.2 Å². The van der Waals surface area contributed by atoms with Crippen LogP contribution in [0.4, 0.5) is 11.4 Å². The molecular weight excluding hydrogens is 232 g/mol. The summed E-state index contributed by atoms with van der Waals surface area (Å²) in [5, 5.41) is 3.49. The summed E-state index contributed by atoms with van der Waals surface area (Å²) in [5.74, 6) is 0. The van der Waals surface area contributed by atoms with Crippen molar-refractivity contribution in [2.75, 3.05) is 29.9 Å². The van der Waals surface area contributed by atoms with Gasteiger partial charge in [0.2, 0.25) is 0 Å². The quantitative estimate of drug-likeness (QED) is 0.896. The summed E-state index contributed by atoms with van der Waals surface area (Å²) in [5.41, 5.74) is 5.41. The number of fused-ring (bicyclic) bond motifs is 1. The zero-order chi connectivity index (χ0) is 13.1. The van der Waals surface area contributed by atoms with E-state index in [0.717, 1.165) is 19.6 Å². The Kier molecular flexibility index (Phi) is 3.41. The van der Waals surface area contributed by atoms with Gasteiger partial charge >= 0.3 is 0 Å². The number of para-hydroxylation sites is 1. The van der Waals surface area contributed by atoms with E-state index in [1.165, 1.54) is 28.9 Å². The van der Waals surface area contributed by atoms with Gasteiger partial charge in [-0.2, -0.15) is 0 Å². The minimum atomic E-state index is 0.984. The predicted molar refractivity (Wildman–Crippen MR) is 82.0 cm³/mol. The van der Waals surface area contributed by atoms with E-state index in [9.17, 15) is 0 Å². The van der Waals surface area contributed by atoms with Gasteiger partial charge in [-0.15, -0.1) is 0 Å². The summed E-state index contributed by atoms with van der Waals surface area (Å²) in [6.07, 6.45) is 1.18. The fourth-order valence-corrected chi connectivity index (χ4v) is 2.65. The monoisotopic (exact) mass is 252 g/mol. The third-order valence-electron chi connectivity index (χ3n) is 3.75. The highest BCUT2D eigenvalue weighted by atomic mass is 15.2. The van der Waals surface area contributed by atoms with Gasteiger partial charge in [0, 0.05) is 31.0 Å². The van der Waals surface area contributed by atoms with Crippen molar-refractivity contribution in [3.8, 4) is 0 Å². The zero-order valence-corrected chi connectivity index (χ0v) is 11.4. The Morgan fingerprint density at radius 3 is 2.68 bits per heavy atom. The van der Waals surface area contributed by atoms with Gasteiger partial charge in [0.25, 0.3) is 0 Å². The van der Waals surface area contributed by atoms with Gasteiger partial charge in [-0.25, -0.2) is 0 Å². The molecule has 0 bridgehead atoms. The van der Waals surface area contributed by atoms with Crippen molar-refractivity contribution in [3.05, 3.63) is 59.7 Å². The van der Waals surface area contributed by atoms with Crippen molar-refractivity contribution in [1.29, 1.82) is 0 Å². The molecule has 98 valence electrons. The molecule has 0 atom stereocenters. The first-order valence-electron chi connectivity index (χ1n) is 6.96. The number of benzene rings is 2. The Bertz CT molecular complexity index is 545. The van der Waals surface area contributed by atoms with Crippen LogP contribution in [0, 0.1) is 6.92 Å². The predicted octanol–water partition coefficient (Wildman–Crippen LogP) is 3.47. The molecule has 2 aromatic rings. The molecule has 1 aliphatic heterocycles. The minimum absolute atomic E-state index is 0.984. The molecule has 2 nitrogen and oxygen atoms in total. The Hall–Kier alpha value is -1.96. The molecule has 1 N–H and O–H groups in total. The van der Waals surface area contributed by atoms with E-state index in [2.05, 4.69) is 65.7 Å². The molecule has 0 saturated carbocycles. The fraction of sp³-hybridized carbons (Fsp3) is 0.294. The van der Waals surface area contributed by atoms with Crippen LogP contribution in [0.15, 0.2) is 48.5 Å². The van der Waals surface area contributed by atoms with Gasteiger partial charge in [-0.3, -0.25) is 0 Å². The van der Waals surface area contributed by atoms with Crippen LogP contribution in [0.2, 0.25) is 0 Å². The lowest BCUT2D eigenvalue weighted by atomic mass is 10.2. The van der Waals surface area contributed by atoms with Crippen molar-refractivity contribution in [2.24, 2.45) is 0 Å². The molecule has 0 aromatic heterocycles. The van der Waals surface area contributed by atoms with Gasteiger partial charge in [-0.1, -0.05) is 35.9 Å². The van der Waals surface area contributed by atoms with Gasteiger partial charge in [0.05, 0.1) is 0 Å².